The van der Waals surface area contributed by atoms with Gasteiger partial charge in [0.25, 0.3) is 0 Å². The normalized spacial score (nSPS) is 34.1. The monoisotopic (exact) mass is 416 g/mol. The van der Waals surface area contributed by atoms with Crippen molar-refractivity contribution in [2.24, 2.45) is 11.3 Å². The van der Waals surface area contributed by atoms with Crippen molar-refractivity contribution in [3.8, 4) is 0 Å². The summed E-state index contributed by atoms with van der Waals surface area (Å²) >= 11 is 0. The maximum absolute atomic E-state index is 7.55. The maximum Gasteiger partial charge on any atom is 0.184 e. The van der Waals surface area contributed by atoms with E-state index in [1.807, 2.05) is 0 Å². The van der Waals surface area contributed by atoms with Crippen molar-refractivity contribution in [1.82, 2.24) is 0 Å². The van der Waals surface area contributed by atoms with Gasteiger partial charge in [0, 0.05) is 13.5 Å². The molecule has 0 aromatic heterocycles. The molecule has 2 heterocycles. The molecule has 2 bridgehead atoms. The number of hydrogen-bond donors (Lipinski definition) is 0. The highest BCUT2D eigenvalue weighted by molar-refractivity contribution is 7.48. The molecule has 1 aliphatic carbocycles. The summed E-state index contributed by atoms with van der Waals surface area (Å²) in [5.74, 6) is 0.563. The number of fused-ring (bicyclic) bond motifs is 2. The van der Waals surface area contributed by atoms with Gasteiger partial charge in [-0.2, -0.15) is 0 Å². The summed E-state index contributed by atoms with van der Waals surface area (Å²) in [5.41, 5.74) is 0.844. The molecule has 4 atom stereocenters. The van der Waals surface area contributed by atoms with Crippen LogP contribution in [0.2, 0.25) is 44.8 Å². The van der Waals surface area contributed by atoms with Crippen LogP contribution in [-0.4, -0.2) is 28.7 Å². The molecule has 0 saturated carbocycles. The Morgan fingerprint density at radius 3 is 1.93 bits per heavy atom. The quantitative estimate of drug-likeness (QED) is 0.414. The van der Waals surface area contributed by atoms with Crippen molar-refractivity contribution in [1.29, 1.82) is 0 Å². The zero-order valence-corrected chi connectivity index (χ0v) is 22.0. The lowest BCUT2D eigenvalue weighted by molar-refractivity contribution is -0.0211. The Kier molecular flexibility index (Phi) is 5.16. The van der Waals surface area contributed by atoms with Crippen LogP contribution in [0, 0.1) is 11.3 Å². The SMILES string of the molecule is CC(C)(C)C1(O[Si](C)(C)C)C2C=CC(CC2)[Si]1(c1ccccc1)[Si](C)(C)C. The number of hydrogen-bond acceptors (Lipinski definition) is 1. The lowest BCUT2D eigenvalue weighted by atomic mass is 9.75. The molecule has 1 fully saturated rings. The Bertz CT molecular complexity index is 708. The number of allylic oxidation sites excluding steroid dienone is 1. The van der Waals surface area contributed by atoms with E-state index in [2.05, 4.69) is 103 Å². The predicted molar refractivity (Wildman–Crippen MR) is 127 cm³/mol. The smallest absolute Gasteiger partial charge is 0.184 e. The van der Waals surface area contributed by atoms with Gasteiger partial charge < -0.3 is 4.43 Å². The van der Waals surface area contributed by atoms with Gasteiger partial charge >= 0.3 is 0 Å². The average Bonchev–Trinajstić information content (AvgIpc) is 2.53. The van der Waals surface area contributed by atoms with E-state index in [4.69, 9.17) is 4.43 Å². The van der Waals surface area contributed by atoms with Crippen LogP contribution in [0.15, 0.2) is 42.5 Å². The fourth-order valence-corrected chi connectivity index (χ4v) is 30.6. The van der Waals surface area contributed by atoms with Gasteiger partial charge in [-0.1, -0.05) is 88.1 Å². The lowest BCUT2D eigenvalue weighted by Crippen LogP contribution is -2.88. The summed E-state index contributed by atoms with van der Waals surface area (Å²) in [4.78, 5) is 0. The molecule has 4 unspecified atom stereocenters. The minimum Gasteiger partial charge on any atom is -0.414 e. The summed E-state index contributed by atoms with van der Waals surface area (Å²) < 4.78 is 7.55. The van der Waals surface area contributed by atoms with Gasteiger partial charge in [-0.25, -0.2) is 0 Å². The van der Waals surface area contributed by atoms with Crippen molar-refractivity contribution < 1.29 is 4.43 Å². The molecule has 150 valence electrons. The fraction of sp³-hybridized carbons (Fsp3) is 0.652. The summed E-state index contributed by atoms with van der Waals surface area (Å²) in [6.45, 7) is 22.6. The topological polar surface area (TPSA) is 9.23 Å². The number of rotatable bonds is 4. The average molecular weight is 417 g/mol. The molecule has 0 amide bonds. The van der Waals surface area contributed by atoms with Crippen LogP contribution >= 0.6 is 0 Å². The largest absolute Gasteiger partial charge is 0.414 e. The minimum absolute atomic E-state index is 0.00599. The molecule has 2 aliphatic heterocycles. The first-order chi connectivity index (χ1) is 12.3. The number of benzene rings is 1. The van der Waals surface area contributed by atoms with E-state index in [0.29, 0.717) is 11.5 Å². The van der Waals surface area contributed by atoms with E-state index in [-0.39, 0.29) is 10.6 Å². The second-order valence-electron chi connectivity index (χ2n) is 11.8. The predicted octanol–water partition coefficient (Wildman–Crippen LogP) is 6.28. The highest BCUT2D eigenvalue weighted by Crippen LogP contribution is 2.62. The molecule has 27 heavy (non-hydrogen) atoms. The summed E-state index contributed by atoms with van der Waals surface area (Å²) in [7, 11) is -5.30. The van der Waals surface area contributed by atoms with E-state index in [1.165, 1.54) is 12.8 Å². The van der Waals surface area contributed by atoms with Gasteiger partial charge in [0.1, 0.15) is 7.59 Å². The highest BCUT2D eigenvalue weighted by Gasteiger charge is 2.74. The maximum atomic E-state index is 7.55. The first kappa shape index (κ1) is 21.3. The summed E-state index contributed by atoms with van der Waals surface area (Å²) in [6, 6.07) is 11.7. The van der Waals surface area contributed by atoms with Gasteiger partial charge in [0.05, 0.1) is 5.22 Å². The molecule has 1 saturated heterocycles. The third kappa shape index (κ3) is 3.02. The molecule has 0 N–H and O–H groups in total. The molecule has 1 nitrogen and oxygen atoms in total. The lowest BCUT2D eigenvalue weighted by Gasteiger charge is -2.71. The van der Waals surface area contributed by atoms with Crippen LogP contribution < -0.4 is 5.19 Å². The Morgan fingerprint density at radius 2 is 1.52 bits per heavy atom. The zero-order valence-electron chi connectivity index (χ0n) is 19.0. The second kappa shape index (κ2) is 6.54. The van der Waals surface area contributed by atoms with Gasteiger partial charge in [-0.15, -0.1) is 0 Å². The molecule has 0 radical (unpaired) electrons. The van der Waals surface area contributed by atoms with Crippen molar-refractivity contribution in [2.45, 2.75) is 83.7 Å². The molecule has 0 spiro atoms. The Hall–Kier alpha value is -0.429. The van der Waals surface area contributed by atoms with Crippen LogP contribution in [-0.2, 0) is 4.43 Å². The summed E-state index contributed by atoms with van der Waals surface area (Å²) in [5, 5.41) is 1.66. The van der Waals surface area contributed by atoms with E-state index in [1.54, 1.807) is 5.19 Å². The van der Waals surface area contributed by atoms with Crippen LogP contribution in [0.4, 0.5) is 0 Å². The third-order valence-electron chi connectivity index (χ3n) is 7.02. The van der Waals surface area contributed by atoms with Crippen LogP contribution in [0.25, 0.3) is 0 Å². The van der Waals surface area contributed by atoms with E-state index in [0.717, 1.165) is 0 Å². The molecular formula is C23H40OSi3. The van der Waals surface area contributed by atoms with Gasteiger partial charge in [-0.05, 0) is 43.4 Å². The van der Waals surface area contributed by atoms with Gasteiger partial charge in [0.2, 0.25) is 0 Å². The first-order valence-corrected chi connectivity index (χ1v) is 20.7. The third-order valence-corrected chi connectivity index (χ3v) is 25.9. The Morgan fingerprint density at radius 1 is 0.926 bits per heavy atom. The van der Waals surface area contributed by atoms with Crippen LogP contribution in [0.5, 0.6) is 0 Å². The molecular weight excluding hydrogens is 377 g/mol. The van der Waals surface area contributed by atoms with Crippen molar-refractivity contribution >= 4 is 28.7 Å². The van der Waals surface area contributed by atoms with Crippen molar-refractivity contribution in [2.75, 3.05) is 0 Å². The van der Waals surface area contributed by atoms with Crippen molar-refractivity contribution in [3.05, 3.63) is 42.5 Å². The summed E-state index contributed by atoms with van der Waals surface area (Å²) in [6.07, 6.45) is 7.85. The van der Waals surface area contributed by atoms with E-state index in [9.17, 15) is 0 Å². The van der Waals surface area contributed by atoms with Crippen LogP contribution in [0.3, 0.4) is 0 Å². The molecule has 3 aliphatic rings. The van der Waals surface area contributed by atoms with Gasteiger partial charge in [0.15, 0.2) is 8.32 Å². The van der Waals surface area contributed by atoms with Crippen molar-refractivity contribution in [3.63, 3.8) is 0 Å². The Balaban J connectivity index is 2.45. The minimum atomic E-state index is -2.00. The van der Waals surface area contributed by atoms with Crippen LogP contribution in [0.1, 0.15) is 33.6 Å². The molecule has 1 aromatic carbocycles. The standard InChI is InChI=1S/C23H40OSi3/c1-22(2,3)23(24-25(4,5)6)19-15-17-21(18-16-19)27(23,26(7,8)9)20-13-11-10-12-14-20/h10-15,17,19,21H,16,18H2,1-9H3. The molecule has 4 rings (SSSR count). The first-order valence-electron chi connectivity index (χ1n) is 10.7. The van der Waals surface area contributed by atoms with E-state index >= 15 is 0 Å². The second-order valence-corrected chi connectivity index (χ2v) is 31.3. The highest BCUT2D eigenvalue weighted by atomic mass is 29.3. The molecule has 4 heteroatoms. The van der Waals surface area contributed by atoms with Gasteiger partial charge in [-0.3, -0.25) is 0 Å². The van der Waals surface area contributed by atoms with E-state index < -0.39 is 23.5 Å². The fourth-order valence-electron chi connectivity index (χ4n) is 6.70. The zero-order chi connectivity index (χ0) is 20.3. The Labute approximate surface area is 170 Å². The molecule has 1 aromatic rings.